The summed E-state index contributed by atoms with van der Waals surface area (Å²) >= 11 is 0. The maximum Gasteiger partial charge on any atom is 0.573 e. The van der Waals surface area contributed by atoms with Gasteiger partial charge in [-0.15, -0.1) is 23.4 Å². The van der Waals surface area contributed by atoms with E-state index in [4.69, 9.17) is 9.47 Å². The summed E-state index contributed by atoms with van der Waals surface area (Å²) in [6, 6.07) is 7.64. The minimum absolute atomic E-state index is 0.00456. The zero-order valence-corrected chi connectivity index (χ0v) is 25.0. The summed E-state index contributed by atoms with van der Waals surface area (Å²) in [5, 5.41) is 20.4. The Bertz CT molecular complexity index is 1850. The number of nitrogens with one attached hydrogen (secondary N) is 2. The fourth-order valence-electron chi connectivity index (χ4n) is 5.13. The first kappa shape index (κ1) is 30.7. The summed E-state index contributed by atoms with van der Waals surface area (Å²) in [7, 11) is 3.07. The highest BCUT2D eigenvalue weighted by Gasteiger charge is 2.32. The first-order valence-electron chi connectivity index (χ1n) is 14.6. The summed E-state index contributed by atoms with van der Waals surface area (Å²) in [6.07, 6.45) is 2.79. The number of hydrogen-bond acceptors (Lipinski definition) is 10. The third kappa shape index (κ3) is 7.16. The van der Waals surface area contributed by atoms with Crippen molar-refractivity contribution < 1.29 is 32.2 Å². The van der Waals surface area contributed by atoms with Gasteiger partial charge in [0, 0.05) is 35.9 Å². The topological polar surface area (TPSA) is 155 Å². The van der Waals surface area contributed by atoms with Gasteiger partial charge >= 0.3 is 12.4 Å². The fraction of sp³-hybridized carbons (Fsp3) is 0.367. The van der Waals surface area contributed by atoms with E-state index in [9.17, 15) is 18.0 Å². The molecule has 0 spiro atoms. The zero-order chi connectivity index (χ0) is 32.3. The van der Waals surface area contributed by atoms with Crippen molar-refractivity contribution in [3.63, 3.8) is 0 Å². The number of benzene rings is 1. The van der Waals surface area contributed by atoms with E-state index >= 15 is 0 Å². The third-order valence-corrected chi connectivity index (χ3v) is 7.43. The zero-order valence-electron chi connectivity index (χ0n) is 25.0. The van der Waals surface area contributed by atoms with Gasteiger partial charge < -0.3 is 24.5 Å². The van der Waals surface area contributed by atoms with Gasteiger partial charge in [-0.3, -0.25) is 9.48 Å². The number of fused-ring (bicyclic) bond motifs is 1. The van der Waals surface area contributed by atoms with Gasteiger partial charge in [0.2, 0.25) is 5.88 Å². The SMILES string of the molecule is COc1ncc(-c2c(C3CC3)[nH]c3nnc(CCCCn4cc(C(=O)NCc5cccc(OC(F)(F)F)c5)nn4)cc23)c(OC)n1. The molecule has 5 aromatic rings. The van der Waals surface area contributed by atoms with Gasteiger partial charge in [-0.25, -0.2) is 4.98 Å². The van der Waals surface area contributed by atoms with Crippen LogP contribution in [0.3, 0.4) is 0 Å². The van der Waals surface area contributed by atoms with Crippen molar-refractivity contribution in [2.24, 2.45) is 0 Å². The van der Waals surface area contributed by atoms with Crippen molar-refractivity contribution in [3.8, 4) is 28.8 Å². The van der Waals surface area contributed by atoms with Crippen molar-refractivity contribution in [3.05, 3.63) is 65.4 Å². The molecule has 0 aliphatic heterocycles. The average molecular weight is 638 g/mol. The molecule has 1 aliphatic rings. The lowest BCUT2D eigenvalue weighted by Gasteiger charge is -2.10. The van der Waals surface area contributed by atoms with E-state index in [1.807, 2.05) is 6.07 Å². The van der Waals surface area contributed by atoms with Crippen molar-refractivity contribution in [2.45, 2.75) is 57.5 Å². The number of ether oxygens (including phenoxy) is 3. The second kappa shape index (κ2) is 13.0. The molecular weight excluding hydrogens is 607 g/mol. The summed E-state index contributed by atoms with van der Waals surface area (Å²) in [6.45, 7) is 0.518. The Morgan fingerprint density at radius 1 is 1.11 bits per heavy atom. The van der Waals surface area contributed by atoms with Crippen molar-refractivity contribution >= 4 is 16.9 Å². The molecule has 1 aromatic carbocycles. The number of unbranched alkanes of at least 4 members (excludes halogenated alkanes) is 1. The molecule has 1 aliphatic carbocycles. The summed E-state index contributed by atoms with van der Waals surface area (Å²) in [5.41, 5.74) is 4.85. The van der Waals surface area contributed by atoms with Gasteiger partial charge in [-0.05, 0) is 61.8 Å². The summed E-state index contributed by atoms with van der Waals surface area (Å²) < 4.78 is 53.7. The Hall–Kier alpha value is -5.28. The molecule has 1 saturated carbocycles. The van der Waals surface area contributed by atoms with Crippen molar-refractivity contribution in [1.29, 1.82) is 0 Å². The number of carbonyl (C=O) groups is 1. The van der Waals surface area contributed by atoms with Gasteiger partial charge in [-0.2, -0.15) is 10.1 Å². The normalized spacial score (nSPS) is 13.2. The Morgan fingerprint density at radius 3 is 2.72 bits per heavy atom. The lowest BCUT2D eigenvalue weighted by molar-refractivity contribution is -0.274. The molecule has 1 fully saturated rings. The number of methoxy groups -OCH3 is 2. The number of rotatable bonds is 13. The third-order valence-electron chi connectivity index (χ3n) is 7.43. The van der Waals surface area contributed by atoms with Gasteiger partial charge in [-0.1, -0.05) is 17.3 Å². The number of aromatic nitrogens is 8. The number of aromatic amines is 1. The molecule has 16 heteroatoms. The smallest absolute Gasteiger partial charge is 0.480 e. The van der Waals surface area contributed by atoms with Crippen LogP contribution < -0.4 is 19.5 Å². The van der Waals surface area contributed by atoms with Crippen LogP contribution in [0.4, 0.5) is 13.2 Å². The second-order valence-corrected chi connectivity index (χ2v) is 10.8. The Labute approximate surface area is 260 Å². The van der Waals surface area contributed by atoms with Crippen LogP contribution in [0.2, 0.25) is 0 Å². The lowest BCUT2D eigenvalue weighted by atomic mass is 10.0. The molecule has 46 heavy (non-hydrogen) atoms. The molecule has 4 heterocycles. The Kier molecular flexibility index (Phi) is 8.68. The maximum atomic E-state index is 12.5. The van der Waals surface area contributed by atoms with E-state index in [1.54, 1.807) is 24.1 Å². The fourth-order valence-corrected chi connectivity index (χ4v) is 5.13. The minimum Gasteiger partial charge on any atom is -0.480 e. The summed E-state index contributed by atoms with van der Waals surface area (Å²) in [4.78, 5) is 24.7. The highest BCUT2D eigenvalue weighted by atomic mass is 19.4. The second-order valence-electron chi connectivity index (χ2n) is 10.8. The standard InChI is InChI=1S/C30H30F3N9O4/c1-44-28-22(15-35-29(37-28)45-2)24-21-13-19(38-40-26(21)36-25(24)18-9-10-18)7-3-4-11-42-16-23(39-41-42)27(43)34-14-17-6-5-8-20(12-17)46-30(31,32)33/h5-6,8,12-13,15-16,18H,3-4,7,9-11,14H2,1-2H3,(H,34,43)(H,36,40). The van der Waals surface area contributed by atoms with Gasteiger partial charge in [0.15, 0.2) is 11.3 Å². The van der Waals surface area contributed by atoms with E-state index in [-0.39, 0.29) is 24.0 Å². The van der Waals surface area contributed by atoms with Crippen LogP contribution in [0.5, 0.6) is 17.6 Å². The molecule has 0 unspecified atom stereocenters. The molecule has 0 saturated heterocycles. The van der Waals surface area contributed by atoms with Crippen LogP contribution >= 0.6 is 0 Å². The van der Waals surface area contributed by atoms with Crippen LogP contribution in [0, 0.1) is 0 Å². The number of nitrogens with zero attached hydrogens (tertiary/aromatic N) is 7. The number of H-pyrrole nitrogens is 1. The quantitative estimate of drug-likeness (QED) is 0.173. The molecule has 1 amide bonds. The van der Waals surface area contributed by atoms with Gasteiger partial charge in [0.25, 0.3) is 5.91 Å². The van der Waals surface area contributed by atoms with Crippen LogP contribution in [0.1, 0.15) is 59.0 Å². The van der Waals surface area contributed by atoms with Crippen molar-refractivity contribution in [2.75, 3.05) is 14.2 Å². The van der Waals surface area contributed by atoms with E-state index in [1.165, 1.54) is 31.5 Å². The Morgan fingerprint density at radius 2 is 1.96 bits per heavy atom. The van der Waals surface area contributed by atoms with E-state index in [0.717, 1.165) is 53.6 Å². The predicted molar refractivity (Wildman–Crippen MR) is 157 cm³/mol. The molecule has 4 aromatic heterocycles. The number of hydrogen-bond donors (Lipinski definition) is 2. The molecule has 240 valence electrons. The molecule has 2 N–H and O–H groups in total. The predicted octanol–water partition coefficient (Wildman–Crippen LogP) is 4.75. The highest BCUT2D eigenvalue weighted by Crippen LogP contribution is 2.48. The van der Waals surface area contributed by atoms with Crippen LogP contribution in [-0.4, -0.2) is 66.6 Å². The van der Waals surface area contributed by atoms with E-state index in [0.29, 0.717) is 36.0 Å². The van der Waals surface area contributed by atoms with Crippen LogP contribution in [-0.2, 0) is 19.5 Å². The highest BCUT2D eigenvalue weighted by molar-refractivity contribution is 5.97. The molecule has 0 atom stereocenters. The molecule has 6 rings (SSSR count). The maximum absolute atomic E-state index is 12.5. The molecule has 13 nitrogen and oxygen atoms in total. The monoisotopic (exact) mass is 637 g/mol. The molecule has 0 radical (unpaired) electrons. The van der Waals surface area contributed by atoms with E-state index in [2.05, 4.69) is 45.5 Å². The van der Waals surface area contributed by atoms with E-state index < -0.39 is 12.3 Å². The number of carbonyl (C=O) groups excluding carboxylic acids is 1. The van der Waals surface area contributed by atoms with Crippen LogP contribution in [0.25, 0.3) is 22.2 Å². The number of alkyl halides is 3. The molecule has 0 bridgehead atoms. The first-order valence-corrected chi connectivity index (χ1v) is 14.6. The lowest BCUT2D eigenvalue weighted by Crippen LogP contribution is -2.23. The van der Waals surface area contributed by atoms with Gasteiger partial charge in [0.1, 0.15) is 5.75 Å². The van der Waals surface area contributed by atoms with Gasteiger partial charge in [0.05, 0.1) is 31.7 Å². The van der Waals surface area contributed by atoms with Crippen molar-refractivity contribution in [1.82, 2.24) is 45.5 Å². The Balaban J connectivity index is 1.06. The minimum atomic E-state index is -4.80. The number of amides is 1. The number of halogens is 3. The summed E-state index contributed by atoms with van der Waals surface area (Å²) in [5.74, 6) is -0.0414. The molecular formula is C30H30F3N9O4. The first-order chi connectivity index (χ1) is 22.2. The average Bonchev–Trinajstić information content (AvgIpc) is 3.66. The largest absolute Gasteiger partial charge is 0.573 e. The number of aryl methyl sites for hydroxylation is 2. The van der Waals surface area contributed by atoms with Crippen LogP contribution in [0.15, 0.2) is 42.7 Å².